The van der Waals surface area contributed by atoms with E-state index in [1.807, 2.05) is 42.3 Å². The molecule has 0 bridgehead atoms. The van der Waals surface area contributed by atoms with Crippen LogP contribution in [0.15, 0.2) is 54.6 Å². The molecule has 0 spiro atoms. The van der Waals surface area contributed by atoms with Crippen molar-refractivity contribution < 1.29 is 13.9 Å². The van der Waals surface area contributed by atoms with Gasteiger partial charge in [0.15, 0.2) is 0 Å². The van der Waals surface area contributed by atoms with Crippen molar-refractivity contribution in [3.05, 3.63) is 71.7 Å². The quantitative estimate of drug-likeness (QED) is 0.495. The summed E-state index contributed by atoms with van der Waals surface area (Å²) in [6, 6.07) is 16.1. The highest BCUT2D eigenvalue weighted by molar-refractivity contribution is 5.77. The minimum absolute atomic E-state index is 0.0242. The van der Waals surface area contributed by atoms with Crippen molar-refractivity contribution in [1.82, 2.24) is 20.4 Å². The van der Waals surface area contributed by atoms with Crippen LogP contribution in [0.4, 0.5) is 4.39 Å². The van der Waals surface area contributed by atoms with Gasteiger partial charge in [0.05, 0.1) is 19.3 Å². The third-order valence-corrected chi connectivity index (χ3v) is 5.07. The molecule has 0 unspecified atom stereocenters. The molecular weight excluding hydrogens is 395 g/mol. The van der Waals surface area contributed by atoms with E-state index in [1.54, 1.807) is 19.2 Å². The maximum Gasteiger partial charge on any atom is 0.234 e. The van der Waals surface area contributed by atoms with Crippen LogP contribution in [0.5, 0.6) is 5.75 Å². The van der Waals surface area contributed by atoms with E-state index in [-0.39, 0.29) is 11.7 Å². The summed E-state index contributed by atoms with van der Waals surface area (Å²) in [6.07, 6.45) is 2.52. The normalized spacial score (nSPS) is 11.0. The van der Waals surface area contributed by atoms with Gasteiger partial charge in [-0.1, -0.05) is 12.1 Å². The Morgan fingerprint density at radius 2 is 1.87 bits per heavy atom. The molecule has 3 aromatic rings. The first-order valence-electron chi connectivity index (χ1n) is 10.4. The number of carbonyl (C=O) groups excluding carboxylic acids is 1. The van der Waals surface area contributed by atoms with Crippen molar-refractivity contribution in [3.8, 4) is 17.0 Å². The standard InChI is InChI=1S/C24H29FN4O2/c1-29(17-24(30)26-14-13-18-5-11-22(31-2)12-6-18)15-3-4-21-16-23(28-27-21)19-7-9-20(25)10-8-19/h5-12,16H,3-4,13-15,17H2,1-2H3,(H,26,30)(H,27,28). The fraction of sp³-hybridized carbons (Fsp3) is 0.333. The van der Waals surface area contributed by atoms with Gasteiger partial charge in [-0.2, -0.15) is 5.10 Å². The molecule has 1 heterocycles. The number of carbonyl (C=O) groups is 1. The molecule has 0 aliphatic carbocycles. The van der Waals surface area contributed by atoms with Gasteiger partial charge in [0, 0.05) is 17.8 Å². The summed E-state index contributed by atoms with van der Waals surface area (Å²) in [7, 11) is 3.59. The molecule has 3 rings (SSSR count). The number of rotatable bonds is 11. The van der Waals surface area contributed by atoms with E-state index >= 15 is 0 Å². The Morgan fingerprint density at radius 3 is 2.58 bits per heavy atom. The molecule has 0 saturated heterocycles. The van der Waals surface area contributed by atoms with Crippen molar-refractivity contribution in [2.45, 2.75) is 19.3 Å². The lowest BCUT2D eigenvalue weighted by atomic mass is 10.1. The van der Waals surface area contributed by atoms with Crippen LogP contribution < -0.4 is 10.1 Å². The van der Waals surface area contributed by atoms with Crippen LogP contribution in [-0.4, -0.2) is 54.8 Å². The summed E-state index contributed by atoms with van der Waals surface area (Å²) in [5.41, 5.74) is 3.87. The molecule has 0 saturated carbocycles. The monoisotopic (exact) mass is 424 g/mol. The first-order chi connectivity index (χ1) is 15.0. The number of hydrogen-bond acceptors (Lipinski definition) is 4. The summed E-state index contributed by atoms with van der Waals surface area (Å²) in [6.45, 7) is 1.78. The fourth-order valence-electron chi connectivity index (χ4n) is 3.32. The molecule has 0 atom stereocenters. The molecule has 2 N–H and O–H groups in total. The smallest absolute Gasteiger partial charge is 0.234 e. The van der Waals surface area contributed by atoms with Gasteiger partial charge >= 0.3 is 0 Å². The molecule has 1 aromatic heterocycles. The highest BCUT2D eigenvalue weighted by Crippen LogP contribution is 2.18. The van der Waals surface area contributed by atoms with Crippen LogP contribution in [-0.2, 0) is 17.6 Å². The van der Waals surface area contributed by atoms with Gasteiger partial charge in [-0.05, 0) is 80.9 Å². The predicted molar refractivity (Wildman–Crippen MR) is 120 cm³/mol. The van der Waals surface area contributed by atoms with E-state index in [0.717, 1.165) is 54.1 Å². The second-order valence-electron chi connectivity index (χ2n) is 7.57. The fourth-order valence-corrected chi connectivity index (χ4v) is 3.32. The van der Waals surface area contributed by atoms with E-state index < -0.39 is 0 Å². The maximum absolute atomic E-state index is 13.0. The first kappa shape index (κ1) is 22.5. The average Bonchev–Trinajstić information content (AvgIpc) is 3.23. The highest BCUT2D eigenvalue weighted by atomic mass is 19.1. The van der Waals surface area contributed by atoms with Crippen molar-refractivity contribution in [2.24, 2.45) is 0 Å². The Kier molecular flexibility index (Phi) is 8.18. The summed E-state index contributed by atoms with van der Waals surface area (Å²) >= 11 is 0. The topological polar surface area (TPSA) is 70.2 Å². The molecule has 7 heteroatoms. The molecule has 0 aliphatic heterocycles. The lowest BCUT2D eigenvalue weighted by Crippen LogP contribution is -2.36. The highest BCUT2D eigenvalue weighted by Gasteiger charge is 2.08. The Labute approximate surface area is 182 Å². The minimum atomic E-state index is -0.257. The molecule has 2 aromatic carbocycles. The summed E-state index contributed by atoms with van der Waals surface area (Å²) in [5, 5.41) is 10.3. The maximum atomic E-state index is 13.0. The molecule has 0 radical (unpaired) electrons. The largest absolute Gasteiger partial charge is 0.497 e. The number of hydrogen-bond donors (Lipinski definition) is 2. The number of aromatic amines is 1. The second-order valence-corrected chi connectivity index (χ2v) is 7.57. The molecule has 6 nitrogen and oxygen atoms in total. The third kappa shape index (κ3) is 7.22. The van der Waals surface area contributed by atoms with E-state index in [1.165, 1.54) is 12.1 Å². The molecule has 31 heavy (non-hydrogen) atoms. The van der Waals surface area contributed by atoms with Crippen molar-refractivity contribution >= 4 is 5.91 Å². The van der Waals surface area contributed by atoms with Gasteiger partial charge in [-0.25, -0.2) is 4.39 Å². The number of aryl methyl sites for hydroxylation is 1. The summed E-state index contributed by atoms with van der Waals surface area (Å²) < 4.78 is 18.2. The molecule has 0 aliphatic rings. The van der Waals surface area contributed by atoms with Gasteiger partial charge in [-0.3, -0.25) is 14.8 Å². The Bertz CT molecular complexity index is 954. The van der Waals surface area contributed by atoms with Crippen molar-refractivity contribution in [2.75, 3.05) is 33.8 Å². The number of H-pyrrole nitrogens is 1. The van der Waals surface area contributed by atoms with E-state index in [2.05, 4.69) is 15.5 Å². The molecule has 1 amide bonds. The zero-order chi connectivity index (χ0) is 22.1. The van der Waals surface area contributed by atoms with Crippen LogP contribution in [0.2, 0.25) is 0 Å². The number of nitrogens with zero attached hydrogens (tertiary/aromatic N) is 2. The van der Waals surface area contributed by atoms with Crippen LogP contribution in [0.25, 0.3) is 11.3 Å². The molecular formula is C24H29FN4O2. The van der Waals surface area contributed by atoms with Crippen LogP contribution in [0, 0.1) is 5.82 Å². The number of ether oxygens (including phenoxy) is 1. The molecule has 0 fully saturated rings. The lowest BCUT2D eigenvalue weighted by molar-refractivity contribution is -0.121. The Balaban J connectivity index is 1.32. The number of nitrogens with one attached hydrogen (secondary N) is 2. The number of likely N-dealkylation sites (N-methyl/N-ethyl adjacent to an activating group) is 1. The summed E-state index contributed by atoms with van der Waals surface area (Å²) in [5.74, 6) is 0.597. The van der Waals surface area contributed by atoms with Gasteiger partial charge in [-0.15, -0.1) is 0 Å². The second kappa shape index (κ2) is 11.3. The summed E-state index contributed by atoms with van der Waals surface area (Å²) in [4.78, 5) is 14.2. The number of amides is 1. The van der Waals surface area contributed by atoms with E-state index in [9.17, 15) is 9.18 Å². The van der Waals surface area contributed by atoms with Crippen LogP contribution in [0.3, 0.4) is 0 Å². The van der Waals surface area contributed by atoms with Crippen molar-refractivity contribution in [3.63, 3.8) is 0 Å². The third-order valence-electron chi connectivity index (χ3n) is 5.07. The Hall–Kier alpha value is -3.19. The van der Waals surface area contributed by atoms with E-state index in [0.29, 0.717) is 13.1 Å². The zero-order valence-electron chi connectivity index (χ0n) is 18.0. The number of benzene rings is 2. The number of methoxy groups -OCH3 is 1. The Morgan fingerprint density at radius 1 is 1.13 bits per heavy atom. The van der Waals surface area contributed by atoms with Gasteiger partial charge in [0.25, 0.3) is 0 Å². The first-order valence-corrected chi connectivity index (χ1v) is 10.4. The van der Waals surface area contributed by atoms with Crippen LogP contribution in [0.1, 0.15) is 17.7 Å². The predicted octanol–water partition coefficient (Wildman–Crippen LogP) is 3.45. The SMILES string of the molecule is COc1ccc(CCNC(=O)CN(C)CCCc2cc(-c3ccc(F)cc3)n[nH]2)cc1. The number of halogens is 1. The lowest BCUT2D eigenvalue weighted by Gasteiger charge is -2.16. The minimum Gasteiger partial charge on any atom is -0.497 e. The zero-order valence-corrected chi connectivity index (χ0v) is 18.0. The number of aromatic nitrogens is 2. The van der Waals surface area contributed by atoms with Crippen LogP contribution >= 0.6 is 0 Å². The average molecular weight is 425 g/mol. The van der Waals surface area contributed by atoms with Crippen molar-refractivity contribution in [1.29, 1.82) is 0 Å². The van der Waals surface area contributed by atoms with E-state index in [4.69, 9.17) is 4.74 Å². The van der Waals surface area contributed by atoms with Gasteiger partial charge in [0.1, 0.15) is 11.6 Å². The van der Waals surface area contributed by atoms with Gasteiger partial charge in [0.2, 0.25) is 5.91 Å². The van der Waals surface area contributed by atoms with Gasteiger partial charge < -0.3 is 10.1 Å². The molecule has 164 valence electrons.